The molecule has 5 nitrogen and oxygen atoms in total. The molecule has 0 aliphatic rings. The first-order valence-electron chi connectivity index (χ1n) is 8.93. The summed E-state index contributed by atoms with van der Waals surface area (Å²) in [6.45, 7) is 3.71. The third-order valence-electron chi connectivity index (χ3n) is 4.15. The molecule has 3 rings (SSSR count). The van der Waals surface area contributed by atoms with Gasteiger partial charge in [-0.3, -0.25) is 4.79 Å². The number of rotatable bonds is 8. The van der Waals surface area contributed by atoms with Crippen molar-refractivity contribution >= 4 is 24.0 Å². The van der Waals surface area contributed by atoms with Crippen LogP contribution in [0.25, 0.3) is 5.69 Å². The van der Waals surface area contributed by atoms with E-state index in [0.29, 0.717) is 12.8 Å². The van der Waals surface area contributed by atoms with E-state index in [9.17, 15) is 4.79 Å². The lowest BCUT2D eigenvalue weighted by Gasteiger charge is -2.11. The van der Waals surface area contributed by atoms with Crippen LogP contribution < -0.4 is 10.6 Å². The molecule has 0 bridgehead atoms. The second kappa shape index (κ2) is 10.5. The van der Waals surface area contributed by atoms with Gasteiger partial charge in [0, 0.05) is 24.8 Å². The molecule has 0 radical (unpaired) electrons. The van der Waals surface area contributed by atoms with E-state index < -0.39 is 0 Å². The number of nitrogens with one attached hydrogen (secondary N) is 2. The highest BCUT2D eigenvalue weighted by Crippen LogP contribution is 2.16. The van der Waals surface area contributed by atoms with Gasteiger partial charge in [-0.2, -0.15) is 5.10 Å². The van der Waals surface area contributed by atoms with Crippen molar-refractivity contribution in [3.05, 3.63) is 78.1 Å². The van der Waals surface area contributed by atoms with Crippen LogP contribution in [0.15, 0.2) is 67.0 Å². The monoisotopic (exact) mass is 384 g/mol. The van der Waals surface area contributed by atoms with Gasteiger partial charge >= 0.3 is 0 Å². The van der Waals surface area contributed by atoms with Crippen LogP contribution in [0.3, 0.4) is 0 Å². The summed E-state index contributed by atoms with van der Waals surface area (Å²) in [7, 11) is 0. The number of anilines is 1. The van der Waals surface area contributed by atoms with Gasteiger partial charge in [-0.1, -0.05) is 43.3 Å². The Morgan fingerprint density at radius 3 is 2.59 bits per heavy atom. The first-order chi connectivity index (χ1) is 12.8. The van der Waals surface area contributed by atoms with Crippen LogP contribution in [0.5, 0.6) is 0 Å². The fraction of sp³-hybridized carbons (Fsp3) is 0.238. The molecule has 0 aliphatic carbocycles. The first-order valence-corrected chi connectivity index (χ1v) is 8.93. The maximum Gasteiger partial charge on any atom is 0.224 e. The van der Waals surface area contributed by atoms with Gasteiger partial charge in [0.2, 0.25) is 5.91 Å². The Labute approximate surface area is 166 Å². The van der Waals surface area contributed by atoms with Crippen LogP contribution in [0.1, 0.15) is 24.5 Å². The Morgan fingerprint density at radius 1 is 1.07 bits per heavy atom. The van der Waals surface area contributed by atoms with Crippen molar-refractivity contribution in [2.75, 3.05) is 11.9 Å². The number of aromatic nitrogens is 2. The smallest absolute Gasteiger partial charge is 0.224 e. The molecule has 2 N–H and O–H groups in total. The molecule has 3 aromatic rings. The number of para-hydroxylation sites is 2. The van der Waals surface area contributed by atoms with Crippen molar-refractivity contribution in [2.24, 2.45) is 0 Å². The van der Waals surface area contributed by atoms with Crippen LogP contribution in [0.2, 0.25) is 0 Å². The van der Waals surface area contributed by atoms with Crippen LogP contribution in [0.4, 0.5) is 5.69 Å². The topological polar surface area (TPSA) is 58.9 Å². The molecule has 0 saturated carbocycles. The zero-order chi connectivity index (χ0) is 18.2. The van der Waals surface area contributed by atoms with Gasteiger partial charge in [0.1, 0.15) is 0 Å². The summed E-state index contributed by atoms with van der Waals surface area (Å²) in [4.78, 5) is 12.3. The van der Waals surface area contributed by atoms with Gasteiger partial charge in [0.05, 0.1) is 11.9 Å². The zero-order valence-corrected chi connectivity index (χ0v) is 16.2. The van der Waals surface area contributed by atoms with Crippen molar-refractivity contribution in [1.29, 1.82) is 0 Å². The summed E-state index contributed by atoms with van der Waals surface area (Å²) in [5.74, 6) is 0.0152. The van der Waals surface area contributed by atoms with E-state index in [1.165, 1.54) is 0 Å². The first kappa shape index (κ1) is 20.7. The largest absolute Gasteiger partial charge is 0.326 e. The zero-order valence-electron chi connectivity index (χ0n) is 15.4. The lowest BCUT2D eigenvalue weighted by Crippen LogP contribution is -2.17. The molecule has 27 heavy (non-hydrogen) atoms. The SMILES string of the molecule is CCNCc1ccccc1NC(=O)CCc1cnn(-c2ccccc2)c1.Cl. The van der Waals surface area contributed by atoms with E-state index in [2.05, 4.69) is 22.7 Å². The Kier molecular flexibility index (Phi) is 8.04. The Balaban J connectivity index is 0.00000261. The molecular weight excluding hydrogens is 360 g/mol. The maximum atomic E-state index is 12.3. The summed E-state index contributed by atoms with van der Waals surface area (Å²) in [6.07, 6.45) is 4.88. The Hall–Kier alpha value is -2.63. The van der Waals surface area contributed by atoms with Crippen molar-refractivity contribution in [3.63, 3.8) is 0 Å². The number of nitrogens with zero attached hydrogens (tertiary/aromatic N) is 2. The Bertz CT molecular complexity index is 848. The van der Waals surface area contributed by atoms with E-state index in [-0.39, 0.29) is 18.3 Å². The summed E-state index contributed by atoms with van der Waals surface area (Å²) >= 11 is 0. The van der Waals surface area contributed by atoms with E-state index in [1.54, 1.807) is 0 Å². The molecule has 1 amide bonds. The molecule has 0 fully saturated rings. The van der Waals surface area contributed by atoms with E-state index in [4.69, 9.17) is 0 Å². The molecular formula is C21H25ClN4O. The second-order valence-electron chi connectivity index (χ2n) is 6.11. The van der Waals surface area contributed by atoms with Crippen LogP contribution >= 0.6 is 12.4 Å². The summed E-state index contributed by atoms with van der Waals surface area (Å²) in [5.41, 5.74) is 4.03. The lowest BCUT2D eigenvalue weighted by atomic mass is 10.1. The fourth-order valence-corrected chi connectivity index (χ4v) is 2.74. The van der Waals surface area contributed by atoms with E-state index >= 15 is 0 Å². The molecule has 0 unspecified atom stereocenters. The maximum absolute atomic E-state index is 12.3. The highest BCUT2D eigenvalue weighted by Gasteiger charge is 2.08. The van der Waals surface area contributed by atoms with Gasteiger partial charge in [-0.25, -0.2) is 4.68 Å². The average Bonchev–Trinajstić information content (AvgIpc) is 3.15. The molecule has 1 heterocycles. The van der Waals surface area contributed by atoms with Crippen molar-refractivity contribution in [1.82, 2.24) is 15.1 Å². The number of carbonyl (C=O) groups is 1. The molecule has 142 valence electrons. The van der Waals surface area contributed by atoms with Crippen LogP contribution in [-0.4, -0.2) is 22.2 Å². The number of carbonyl (C=O) groups excluding carboxylic acids is 1. The fourth-order valence-electron chi connectivity index (χ4n) is 2.74. The summed E-state index contributed by atoms with van der Waals surface area (Å²) < 4.78 is 1.83. The average molecular weight is 385 g/mol. The number of halogens is 1. The number of amides is 1. The molecule has 0 atom stereocenters. The quantitative estimate of drug-likeness (QED) is 0.617. The van der Waals surface area contributed by atoms with Crippen molar-refractivity contribution in [3.8, 4) is 5.69 Å². The summed E-state index contributed by atoms with van der Waals surface area (Å²) in [5, 5.41) is 10.7. The minimum atomic E-state index is 0. The number of benzene rings is 2. The molecule has 0 spiro atoms. The lowest BCUT2D eigenvalue weighted by molar-refractivity contribution is -0.116. The van der Waals surface area contributed by atoms with Gasteiger partial charge in [-0.05, 0) is 42.3 Å². The van der Waals surface area contributed by atoms with Crippen molar-refractivity contribution < 1.29 is 4.79 Å². The predicted octanol–water partition coefficient (Wildman–Crippen LogP) is 3.97. The highest BCUT2D eigenvalue weighted by atomic mass is 35.5. The van der Waals surface area contributed by atoms with Gasteiger partial charge < -0.3 is 10.6 Å². The van der Waals surface area contributed by atoms with Gasteiger partial charge in [-0.15, -0.1) is 12.4 Å². The normalized spacial score (nSPS) is 10.3. The number of aryl methyl sites for hydroxylation is 1. The standard InChI is InChI=1S/C21H24N4O.ClH/c1-2-22-15-18-8-6-7-11-20(18)24-21(26)13-12-17-14-23-25(16-17)19-9-4-3-5-10-19;/h3-11,14,16,22H,2,12-13,15H2,1H3,(H,24,26);1H. The van der Waals surface area contributed by atoms with Crippen LogP contribution in [0, 0.1) is 0 Å². The number of hydrogen-bond donors (Lipinski definition) is 2. The van der Waals surface area contributed by atoms with Gasteiger partial charge in [0.15, 0.2) is 0 Å². The second-order valence-corrected chi connectivity index (χ2v) is 6.11. The minimum Gasteiger partial charge on any atom is -0.326 e. The third-order valence-corrected chi connectivity index (χ3v) is 4.15. The Morgan fingerprint density at radius 2 is 1.81 bits per heavy atom. The number of hydrogen-bond acceptors (Lipinski definition) is 3. The minimum absolute atomic E-state index is 0. The molecule has 6 heteroatoms. The van der Waals surface area contributed by atoms with Crippen LogP contribution in [-0.2, 0) is 17.8 Å². The highest BCUT2D eigenvalue weighted by molar-refractivity contribution is 5.91. The van der Waals surface area contributed by atoms with E-state index in [0.717, 1.165) is 35.6 Å². The van der Waals surface area contributed by atoms with Gasteiger partial charge in [0.25, 0.3) is 0 Å². The van der Waals surface area contributed by atoms with E-state index in [1.807, 2.05) is 71.7 Å². The van der Waals surface area contributed by atoms with Crippen molar-refractivity contribution in [2.45, 2.75) is 26.3 Å². The summed E-state index contributed by atoms with van der Waals surface area (Å²) in [6, 6.07) is 17.8. The molecule has 0 saturated heterocycles. The predicted molar refractivity (Wildman–Crippen MR) is 112 cm³/mol. The third kappa shape index (κ3) is 5.94. The molecule has 0 aliphatic heterocycles. The molecule has 2 aromatic carbocycles. The molecule has 1 aromatic heterocycles.